The summed E-state index contributed by atoms with van der Waals surface area (Å²) in [5, 5.41) is 2.98. The fraction of sp³-hybridized carbons (Fsp3) is 0.231. The van der Waals surface area contributed by atoms with Gasteiger partial charge in [-0.15, -0.1) is 0 Å². The maximum atomic E-state index is 13.7. The molecule has 0 aliphatic heterocycles. The number of carbonyl (C=O) groups is 2. The normalized spacial score (nSPS) is 11.9. The second-order valence-corrected chi connectivity index (χ2v) is 10.3. The number of nitrogens with zero attached hydrogens (tertiary/aromatic N) is 2. The second kappa shape index (κ2) is 11.9. The van der Waals surface area contributed by atoms with Gasteiger partial charge in [0.05, 0.1) is 17.7 Å². The first-order valence-corrected chi connectivity index (χ1v) is 13.0. The number of ether oxygens (including phenoxy) is 1. The Bertz CT molecular complexity index is 1300. The first kappa shape index (κ1) is 27.0. The first-order valence-electron chi connectivity index (χ1n) is 11.1. The zero-order valence-corrected chi connectivity index (χ0v) is 21.8. The van der Waals surface area contributed by atoms with Crippen LogP contribution in [-0.4, -0.2) is 51.9 Å². The molecule has 0 aliphatic carbocycles. The van der Waals surface area contributed by atoms with Gasteiger partial charge in [-0.05, 0) is 61.0 Å². The van der Waals surface area contributed by atoms with Crippen molar-refractivity contribution in [1.82, 2.24) is 10.2 Å². The quantitative estimate of drug-likeness (QED) is 0.432. The lowest BCUT2D eigenvalue weighted by atomic mass is 10.1. The number of hydrogen-bond donors (Lipinski definition) is 1. The van der Waals surface area contributed by atoms with E-state index in [1.807, 2.05) is 0 Å². The highest BCUT2D eigenvalue weighted by Crippen LogP contribution is 2.26. The van der Waals surface area contributed by atoms with Gasteiger partial charge in [-0.1, -0.05) is 41.9 Å². The van der Waals surface area contributed by atoms with E-state index in [4.69, 9.17) is 16.3 Å². The third-order valence-corrected chi connectivity index (χ3v) is 7.67. The first-order chi connectivity index (χ1) is 17.2. The number of amides is 2. The predicted molar refractivity (Wildman–Crippen MR) is 139 cm³/mol. The molecule has 0 aliphatic rings. The average molecular weight is 530 g/mol. The smallest absolute Gasteiger partial charge is 0.264 e. The molecule has 3 aromatic rings. The van der Waals surface area contributed by atoms with Crippen LogP contribution in [0.2, 0.25) is 5.02 Å². The third kappa shape index (κ3) is 6.35. The van der Waals surface area contributed by atoms with E-state index in [1.54, 1.807) is 61.5 Å². The molecule has 1 N–H and O–H groups in total. The summed E-state index contributed by atoms with van der Waals surface area (Å²) in [6, 6.07) is 20.3. The summed E-state index contributed by atoms with van der Waals surface area (Å²) in [4.78, 5) is 27.6. The number of methoxy groups -OCH3 is 1. The van der Waals surface area contributed by atoms with Crippen molar-refractivity contribution >= 4 is 39.1 Å². The van der Waals surface area contributed by atoms with Crippen LogP contribution in [0.25, 0.3) is 0 Å². The van der Waals surface area contributed by atoms with Crippen molar-refractivity contribution in [3.8, 4) is 5.75 Å². The Balaban J connectivity index is 2.01. The highest BCUT2D eigenvalue weighted by atomic mass is 35.5. The molecule has 0 saturated heterocycles. The summed E-state index contributed by atoms with van der Waals surface area (Å²) in [7, 11) is -1.09. The van der Waals surface area contributed by atoms with E-state index in [-0.39, 0.29) is 23.0 Å². The Morgan fingerprint density at radius 1 is 1.00 bits per heavy atom. The molecule has 2 amide bonds. The van der Waals surface area contributed by atoms with Crippen molar-refractivity contribution in [3.63, 3.8) is 0 Å². The Morgan fingerprint density at radius 2 is 1.67 bits per heavy atom. The Labute approximate surface area is 216 Å². The van der Waals surface area contributed by atoms with Gasteiger partial charge in [0.2, 0.25) is 11.8 Å². The van der Waals surface area contributed by atoms with Crippen LogP contribution < -0.4 is 14.4 Å². The van der Waals surface area contributed by atoms with Crippen LogP contribution in [0.5, 0.6) is 5.75 Å². The molecule has 0 unspecified atom stereocenters. The maximum Gasteiger partial charge on any atom is 0.264 e. The van der Waals surface area contributed by atoms with E-state index in [9.17, 15) is 18.0 Å². The molecule has 0 bridgehead atoms. The standard InChI is InChI=1S/C26H28ClN3O5S/c1-19(26(32)28-2)29(17-20-8-7-9-23(16-20)35-3)25(31)18-30(22-14-12-21(27)13-15-22)36(33,34)24-10-5-4-6-11-24/h4-16,19H,17-18H2,1-3H3,(H,28,32)/t19-/m1/s1. The van der Waals surface area contributed by atoms with Gasteiger partial charge >= 0.3 is 0 Å². The van der Waals surface area contributed by atoms with E-state index >= 15 is 0 Å². The van der Waals surface area contributed by atoms with Crippen LogP contribution >= 0.6 is 11.6 Å². The summed E-state index contributed by atoms with van der Waals surface area (Å²) in [6.07, 6.45) is 0. The monoisotopic (exact) mass is 529 g/mol. The lowest BCUT2D eigenvalue weighted by Crippen LogP contribution is -2.50. The molecule has 0 saturated carbocycles. The van der Waals surface area contributed by atoms with Crippen LogP contribution in [0.15, 0.2) is 83.8 Å². The van der Waals surface area contributed by atoms with E-state index in [0.29, 0.717) is 10.8 Å². The molecule has 0 aromatic heterocycles. The number of anilines is 1. The number of hydrogen-bond acceptors (Lipinski definition) is 5. The van der Waals surface area contributed by atoms with Gasteiger partial charge in [0, 0.05) is 18.6 Å². The molecule has 3 rings (SSSR count). The zero-order valence-electron chi connectivity index (χ0n) is 20.2. The summed E-state index contributed by atoms with van der Waals surface area (Å²) in [5.41, 5.74) is 0.993. The maximum absolute atomic E-state index is 13.7. The van der Waals surface area contributed by atoms with Crippen LogP contribution in [0.3, 0.4) is 0 Å². The second-order valence-electron chi connectivity index (χ2n) is 7.96. The molecule has 0 heterocycles. The van der Waals surface area contributed by atoms with E-state index in [0.717, 1.165) is 9.87 Å². The Morgan fingerprint density at radius 3 is 2.28 bits per heavy atom. The Hall–Kier alpha value is -3.56. The molecule has 3 aromatic carbocycles. The minimum Gasteiger partial charge on any atom is -0.497 e. The molecule has 36 heavy (non-hydrogen) atoms. The number of benzene rings is 3. The summed E-state index contributed by atoms with van der Waals surface area (Å²) in [5.74, 6) is -0.333. The van der Waals surface area contributed by atoms with Crippen molar-refractivity contribution in [2.75, 3.05) is 25.0 Å². The van der Waals surface area contributed by atoms with Gasteiger partial charge < -0.3 is 15.0 Å². The molecule has 10 heteroatoms. The van der Waals surface area contributed by atoms with Crippen molar-refractivity contribution < 1.29 is 22.7 Å². The number of carbonyl (C=O) groups excluding carboxylic acids is 2. The minimum atomic E-state index is -4.11. The fourth-order valence-corrected chi connectivity index (χ4v) is 5.18. The number of rotatable bonds is 10. The van der Waals surface area contributed by atoms with Crippen molar-refractivity contribution in [1.29, 1.82) is 0 Å². The Kier molecular flexibility index (Phi) is 8.95. The number of nitrogens with one attached hydrogen (secondary N) is 1. The van der Waals surface area contributed by atoms with Crippen LogP contribution in [0, 0.1) is 0 Å². The van der Waals surface area contributed by atoms with Crippen LogP contribution in [-0.2, 0) is 26.2 Å². The number of likely N-dealkylation sites (N-methyl/N-ethyl adjacent to an activating group) is 1. The van der Waals surface area contributed by atoms with Crippen molar-refractivity contribution in [3.05, 3.63) is 89.4 Å². The highest BCUT2D eigenvalue weighted by Gasteiger charge is 2.32. The molecule has 1 atom stereocenters. The lowest BCUT2D eigenvalue weighted by molar-refractivity contribution is -0.139. The fourth-order valence-electron chi connectivity index (χ4n) is 3.61. The van der Waals surface area contributed by atoms with Crippen LogP contribution in [0.4, 0.5) is 5.69 Å². The SMILES string of the molecule is CNC(=O)[C@@H](C)N(Cc1cccc(OC)c1)C(=O)CN(c1ccc(Cl)cc1)S(=O)(=O)c1ccccc1. The van der Waals surface area contributed by atoms with Gasteiger partial charge in [0.15, 0.2) is 0 Å². The predicted octanol–water partition coefficient (Wildman–Crippen LogP) is 3.71. The number of sulfonamides is 1. The van der Waals surface area contributed by atoms with E-state index in [2.05, 4.69) is 5.32 Å². The molecule has 0 fully saturated rings. The van der Waals surface area contributed by atoms with Gasteiger partial charge in [-0.2, -0.15) is 0 Å². The molecular weight excluding hydrogens is 502 g/mol. The largest absolute Gasteiger partial charge is 0.497 e. The van der Waals surface area contributed by atoms with Crippen LogP contribution in [0.1, 0.15) is 12.5 Å². The molecule has 190 valence electrons. The minimum absolute atomic E-state index is 0.0337. The van der Waals surface area contributed by atoms with Gasteiger partial charge in [0.25, 0.3) is 10.0 Å². The molecular formula is C26H28ClN3O5S. The average Bonchev–Trinajstić information content (AvgIpc) is 2.90. The highest BCUT2D eigenvalue weighted by molar-refractivity contribution is 7.92. The summed E-state index contributed by atoms with van der Waals surface area (Å²) >= 11 is 6.01. The van der Waals surface area contributed by atoms with Gasteiger partial charge in [-0.3, -0.25) is 13.9 Å². The summed E-state index contributed by atoms with van der Waals surface area (Å²) in [6.45, 7) is 1.14. The number of halogens is 1. The topological polar surface area (TPSA) is 96.0 Å². The molecule has 0 spiro atoms. The van der Waals surface area contributed by atoms with Crippen molar-refractivity contribution in [2.45, 2.75) is 24.4 Å². The van der Waals surface area contributed by atoms with E-state index in [1.165, 1.54) is 43.3 Å². The van der Waals surface area contributed by atoms with Crippen molar-refractivity contribution in [2.24, 2.45) is 0 Å². The lowest BCUT2D eigenvalue weighted by Gasteiger charge is -2.31. The van der Waals surface area contributed by atoms with E-state index < -0.39 is 28.5 Å². The molecule has 8 nitrogen and oxygen atoms in total. The summed E-state index contributed by atoms with van der Waals surface area (Å²) < 4.78 is 33.5. The van der Waals surface area contributed by atoms with Gasteiger partial charge in [-0.25, -0.2) is 8.42 Å². The van der Waals surface area contributed by atoms with Gasteiger partial charge in [0.1, 0.15) is 18.3 Å². The third-order valence-electron chi connectivity index (χ3n) is 5.63. The zero-order chi connectivity index (χ0) is 26.3. The molecule has 0 radical (unpaired) electrons.